The van der Waals surface area contributed by atoms with Gasteiger partial charge in [-0.3, -0.25) is 4.79 Å². The summed E-state index contributed by atoms with van der Waals surface area (Å²) in [5, 5.41) is 2.90. The third kappa shape index (κ3) is 2.96. The fraction of sp³-hybridized carbons (Fsp3) is 0.562. The standard InChI is InChI=1S/C16H23N3O/c17-16(9-10-16)15(20)18-13-5-7-14(8-6-13)19-11-3-1-2-4-12-19/h5-8H,1-4,9-12,17H2,(H,18,20). The highest BCUT2D eigenvalue weighted by Gasteiger charge is 2.45. The number of benzene rings is 1. The number of nitrogens with one attached hydrogen (secondary N) is 1. The van der Waals surface area contributed by atoms with Crippen molar-refractivity contribution in [1.29, 1.82) is 0 Å². The lowest BCUT2D eigenvalue weighted by atomic mass is 10.2. The van der Waals surface area contributed by atoms with Crippen LogP contribution in [-0.2, 0) is 4.79 Å². The molecular weight excluding hydrogens is 250 g/mol. The lowest BCUT2D eigenvalue weighted by Gasteiger charge is -2.23. The summed E-state index contributed by atoms with van der Waals surface area (Å²) in [6, 6.07) is 8.14. The van der Waals surface area contributed by atoms with Crippen molar-refractivity contribution in [2.75, 3.05) is 23.3 Å². The van der Waals surface area contributed by atoms with E-state index in [0.29, 0.717) is 0 Å². The van der Waals surface area contributed by atoms with E-state index in [1.807, 2.05) is 12.1 Å². The second-order valence-corrected chi connectivity index (χ2v) is 6.06. The molecule has 1 aromatic carbocycles. The largest absolute Gasteiger partial charge is 0.372 e. The zero-order chi connectivity index (χ0) is 14.0. The maximum atomic E-state index is 11.9. The topological polar surface area (TPSA) is 58.4 Å². The fourth-order valence-electron chi connectivity index (χ4n) is 2.70. The summed E-state index contributed by atoms with van der Waals surface area (Å²) >= 11 is 0. The first kappa shape index (κ1) is 13.4. The van der Waals surface area contributed by atoms with E-state index in [-0.39, 0.29) is 5.91 Å². The molecule has 1 saturated heterocycles. The van der Waals surface area contributed by atoms with Crippen LogP contribution in [0.4, 0.5) is 11.4 Å². The Hall–Kier alpha value is -1.55. The highest BCUT2D eigenvalue weighted by Crippen LogP contribution is 2.33. The first-order chi connectivity index (χ1) is 9.67. The van der Waals surface area contributed by atoms with Crippen LogP contribution < -0.4 is 16.0 Å². The second kappa shape index (κ2) is 5.44. The third-order valence-corrected chi connectivity index (χ3v) is 4.34. The van der Waals surface area contributed by atoms with Gasteiger partial charge < -0.3 is 16.0 Å². The van der Waals surface area contributed by atoms with Gasteiger partial charge in [-0.25, -0.2) is 0 Å². The first-order valence-corrected chi connectivity index (χ1v) is 7.63. The predicted octanol–water partition coefficient (Wildman–Crippen LogP) is 2.50. The van der Waals surface area contributed by atoms with E-state index in [4.69, 9.17) is 5.73 Å². The Morgan fingerprint density at radius 1 is 1.05 bits per heavy atom. The van der Waals surface area contributed by atoms with Crippen LogP contribution in [0.25, 0.3) is 0 Å². The van der Waals surface area contributed by atoms with Crippen LogP contribution in [0.2, 0.25) is 0 Å². The third-order valence-electron chi connectivity index (χ3n) is 4.34. The minimum absolute atomic E-state index is 0.0555. The molecule has 1 heterocycles. The number of nitrogens with zero attached hydrogens (tertiary/aromatic N) is 1. The van der Waals surface area contributed by atoms with Crippen molar-refractivity contribution in [2.24, 2.45) is 5.73 Å². The normalized spacial score (nSPS) is 21.1. The molecule has 1 aliphatic heterocycles. The molecule has 3 rings (SSSR count). The van der Waals surface area contributed by atoms with Gasteiger partial charge >= 0.3 is 0 Å². The zero-order valence-electron chi connectivity index (χ0n) is 11.9. The number of carbonyl (C=O) groups excluding carboxylic acids is 1. The van der Waals surface area contributed by atoms with Crippen LogP contribution in [0, 0.1) is 0 Å². The SMILES string of the molecule is NC1(C(=O)Nc2ccc(N3CCCCCC3)cc2)CC1. The number of amides is 1. The van der Waals surface area contributed by atoms with Crippen LogP contribution in [0.1, 0.15) is 38.5 Å². The van der Waals surface area contributed by atoms with Gasteiger partial charge in [0.25, 0.3) is 0 Å². The molecule has 4 heteroatoms. The van der Waals surface area contributed by atoms with Crippen LogP contribution in [0.5, 0.6) is 0 Å². The monoisotopic (exact) mass is 273 g/mol. The zero-order valence-corrected chi connectivity index (χ0v) is 11.9. The van der Waals surface area contributed by atoms with Crippen molar-refractivity contribution in [3.8, 4) is 0 Å². The fourth-order valence-corrected chi connectivity index (χ4v) is 2.70. The van der Waals surface area contributed by atoms with Crippen molar-refractivity contribution >= 4 is 17.3 Å². The molecular formula is C16H23N3O. The highest BCUT2D eigenvalue weighted by molar-refractivity contribution is 6.00. The number of rotatable bonds is 3. The lowest BCUT2D eigenvalue weighted by molar-refractivity contribution is -0.118. The van der Waals surface area contributed by atoms with E-state index >= 15 is 0 Å². The van der Waals surface area contributed by atoms with Crippen molar-refractivity contribution in [1.82, 2.24) is 0 Å². The Labute approximate surface area is 120 Å². The summed E-state index contributed by atoms with van der Waals surface area (Å²) in [4.78, 5) is 14.3. The van der Waals surface area contributed by atoms with Gasteiger partial charge in [-0.05, 0) is 49.9 Å². The lowest BCUT2D eigenvalue weighted by Crippen LogP contribution is -2.37. The Bertz CT molecular complexity index is 471. The average Bonchev–Trinajstić information content (AvgIpc) is 3.24. The van der Waals surface area contributed by atoms with E-state index in [1.54, 1.807) is 0 Å². The van der Waals surface area contributed by atoms with Crippen LogP contribution >= 0.6 is 0 Å². The van der Waals surface area contributed by atoms with E-state index in [9.17, 15) is 4.79 Å². The van der Waals surface area contributed by atoms with Crippen LogP contribution in [0.15, 0.2) is 24.3 Å². The Morgan fingerprint density at radius 2 is 1.65 bits per heavy atom. The number of anilines is 2. The predicted molar refractivity (Wildman–Crippen MR) is 81.9 cm³/mol. The molecule has 1 aromatic rings. The Morgan fingerprint density at radius 3 is 2.20 bits per heavy atom. The maximum Gasteiger partial charge on any atom is 0.244 e. The molecule has 0 atom stereocenters. The summed E-state index contributed by atoms with van der Waals surface area (Å²) in [7, 11) is 0. The van der Waals surface area contributed by atoms with Crippen LogP contribution in [0.3, 0.4) is 0 Å². The van der Waals surface area contributed by atoms with Gasteiger partial charge in [0.1, 0.15) is 0 Å². The van der Waals surface area contributed by atoms with E-state index < -0.39 is 5.54 Å². The van der Waals surface area contributed by atoms with Gasteiger partial charge in [0.15, 0.2) is 0 Å². The molecule has 0 aromatic heterocycles. The van der Waals surface area contributed by atoms with E-state index in [1.165, 1.54) is 31.4 Å². The van der Waals surface area contributed by atoms with Crippen molar-refractivity contribution in [2.45, 2.75) is 44.1 Å². The molecule has 4 nitrogen and oxygen atoms in total. The smallest absolute Gasteiger partial charge is 0.244 e. The average molecular weight is 273 g/mol. The van der Waals surface area contributed by atoms with Crippen molar-refractivity contribution in [3.05, 3.63) is 24.3 Å². The molecule has 1 saturated carbocycles. The number of nitrogens with two attached hydrogens (primary N) is 1. The molecule has 2 aliphatic rings. The van der Waals surface area contributed by atoms with Gasteiger partial charge in [-0.15, -0.1) is 0 Å². The number of carbonyl (C=O) groups is 1. The van der Waals surface area contributed by atoms with Gasteiger partial charge in [0, 0.05) is 24.5 Å². The Kier molecular flexibility index (Phi) is 3.66. The highest BCUT2D eigenvalue weighted by atomic mass is 16.2. The Balaban J connectivity index is 1.63. The summed E-state index contributed by atoms with van der Waals surface area (Å²) in [6.07, 6.45) is 6.81. The number of hydrogen-bond donors (Lipinski definition) is 2. The molecule has 20 heavy (non-hydrogen) atoms. The molecule has 3 N–H and O–H groups in total. The molecule has 0 bridgehead atoms. The maximum absolute atomic E-state index is 11.9. The van der Waals surface area contributed by atoms with Crippen molar-refractivity contribution < 1.29 is 4.79 Å². The van der Waals surface area contributed by atoms with Crippen molar-refractivity contribution in [3.63, 3.8) is 0 Å². The summed E-state index contributed by atoms with van der Waals surface area (Å²) < 4.78 is 0. The molecule has 1 amide bonds. The summed E-state index contributed by atoms with van der Waals surface area (Å²) in [6.45, 7) is 2.27. The molecule has 108 valence electrons. The van der Waals surface area contributed by atoms with Gasteiger partial charge in [0.05, 0.1) is 5.54 Å². The van der Waals surface area contributed by atoms with Gasteiger partial charge in [0.2, 0.25) is 5.91 Å². The minimum Gasteiger partial charge on any atom is -0.372 e. The molecule has 0 spiro atoms. The quantitative estimate of drug-likeness (QED) is 0.889. The summed E-state index contributed by atoms with van der Waals surface area (Å²) in [5.41, 5.74) is 7.36. The number of hydrogen-bond acceptors (Lipinski definition) is 3. The van der Waals surface area contributed by atoms with E-state index in [2.05, 4.69) is 22.3 Å². The minimum atomic E-state index is -0.608. The molecule has 2 fully saturated rings. The second-order valence-electron chi connectivity index (χ2n) is 6.06. The first-order valence-electron chi connectivity index (χ1n) is 7.63. The van der Waals surface area contributed by atoms with Crippen LogP contribution in [-0.4, -0.2) is 24.5 Å². The molecule has 0 radical (unpaired) electrons. The molecule has 0 unspecified atom stereocenters. The van der Waals surface area contributed by atoms with Gasteiger partial charge in [-0.2, -0.15) is 0 Å². The van der Waals surface area contributed by atoms with Gasteiger partial charge in [-0.1, -0.05) is 12.8 Å². The summed E-state index contributed by atoms with van der Waals surface area (Å²) in [5.74, 6) is -0.0555. The molecule has 1 aliphatic carbocycles. The van der Waals surface area contributed by atoms with E-state index in [0.717, 1.165) is 31.6 Å².